The van der Waals surface area contributed by atoms with Crippen LogP contribution in [-0.2, 0) is 13.6 Å². The van der Waals surface area contributed by atoms with Crippen molar-refractivity contribution >= 4 is 0 Å². The molecule has 0 spiro atoms. The van der Waals surface area contributed by atoms with Crippen LogP contribution in [0.15, 0.2) is 24.3 Å². The number of nitrogens with two attached hydrogens (primary N) is 1. The van der Waals surface area contributed by atoms with E-state index >= 15 is 0 Å². The van der Waals surface area contributed by atoms with Gasteiger partial charge in [-0.25, -0.2) is 4.98 Å². The van der Waals surface area contributed by atoms with Crippen molar-refractivity contribution in [3.05, 3.63) is 35.7 Å². The number of aryl methyl sites for hydroxylation is 2. The summed E-state index contributed by atoms with van der Waals surface area (Å²) in [6.07, 6.45) is 0. The summed E-state index contributed by atoms with van der Waals surface area (Å²) in [6, 6.07) is 8.14. The van der Waals surface area contributed by atoms with Crippen LogP contribution in [0.5, 0.6) is 0 Å². The minimum atomic E-state index is 0.412. The summed E-state index contributed by atoms with van der Waals surface area (Å²) >= 11 is 0. The molecule has 0 atom stereocenters. The number of aromatic nitrogens is 3. The average molecular weight is 202 g/mol. The second-order valence-electron chi connectivity index (χ2n) is 3.55. The smallest absolute Gasteiger partial charge is 0.181 e. The first kappa shape index (κ1) is 9.86. The molecule has 0 aliphatic carbocycles. The zero-order chi connectivity index (χ0) is 10.8. The van der Waals surface area contributed by atoms with Gasteiger partial charge in [-0.1, -0.05) is 29.8 Å². The molecule has 0 bridgehead atoms. The lowest BCUT2D eigenvalue weighted by atomic mass is 10.1. The Hall–Kier alpha value is -1.68. The Balaban J connectivity index is 2.41. The van der Waals surface area contributed by atoms with Crippen LogP contribution in [0.2, 0.25) is 0 Å². The van der Waals surface area contributed by atoms with Crippen molar-refractivity contribution in [3.8, 4) is 11.4 Å². The molecular weight excluding hydrogens is 188 g/mol. The zero-order valence-electron chi connectivity index (χ0n) is 8.94. The van der Waals surface area contributed by atoms with Crippen molar-refractivity contribution in [1.29, 1.82) is 0 Å². The highest BCUT2D eigenvalue weighted by molar-refractivity contribution is 5.54. The van der Waals surface area contributed by atoms with Crippen molar-refractivity contribution in [3.63, 3.8) is 0 Å². The quantitative estimate of drug-likeness (QED) is 0.797. The number of rotatable bonds is 2. The van der Waals surface area contributed by atoms with Gasteiger partial charge in [0, 0.05) is 12.6 Å². The molecule has 4 nitrogen and oxygen atoms in total. The first-order valence-electron chi connectivity index (χ1n) is 4.87. The van der Waals surface area contributed by atoms with Gasteiger partial charge in [0.25, 0.3) is 0 Å². The lowest BCUT2D eigenvalue weighted by Gasteiger charge is -1.95. The van der Waals surface area contributed by atoms with E-state index in [9.17, 15) is 0 Å². The van der Waals surface area contributed by atoms with E-state index in [0.717, 1.165) is 17.2 Å². The molecule has 78 valence electrons. The van der Waals surface area contributed by atoms with Crippen LogP contribution in [0.1, 0.15) is 11.4 Å². The largest absolute Gasteiger partial charge is 0.324 e. The van der Waals surface area contributed by atoms with Gasteiger partial charge in [0.2, 0.25) is 0 Å². The Bertz CT molecular complexity index is 456. The van der Waals surface area contributed by atoms with Gasteiger partial charge >= 0.3 is 0 Å². The molecule has 0 radical (unpaired) electrons. The second kappa shape index (κ2) is 3.82. The topological polar surface area (TPSA) is 56.7 Å². The first-order valence-corrected chi connectivity index (χ1v) is 4.87. The van der Waals surface area contributed by atoms with Crippen molar-refractivity contribution < 1.29 is 0 Å². The summed E-state index contributed by atoms with van der Waals surface area (Å²) in [6.45, 7) is 2.47. The zero-order valence-corrected chi connectivity index (χ0v) is 8.94. The SMILES string of the molecule is Cc1ccc(-c2nc(CN)n(C)n2)cc1. The molecule has 0 aliphatic heterocycles. The molecule has 1 aromatic carbocycles. The van der Waals surface area contributed by atoms with Gasteiger partial charge in [-0.3, -0.25) is 4.68 Å². The van der Waals surface area contributed by atoms with Crippen LogP contribution in [0, 0.1) is 6.92 Å². The van der Waals surface area contributed by atoms with Gasteiger partial charge in [-0.05, 0) is 6.92 Å². The third kappa shape index (κ3) is 1.89. The number of benzene rings is 1. The number of nitrogens with zero attached hydrogens (tertiary/aromatic N) is 3. The Labute approximate surface area is 88.8 Å². The summed E-state index contributed by atoms with van der Waals surface area (Å²) in [7, 11) is 1.85. The molecule has 0 amide bonds. The fraction of sp³-hybridized carbons (Fsp3) is 0.273. The van der Waals surface area contributed by atoms with Crippen molar-refractivity contribution in [1.82, 2.24) is 14.8 Å². The maximum atomic E-state index is 5.54. The molecule has 2 aromatic rings. The van der Waals surface area contributed by atoms with Crippen LogP contribution >= 0.6 is 0 Å². The van der Waals surface area contributed by atoms with Crippen LogP contribution in [0.4, 0.5) is 0 Å². The van der Waals surface area contributed by atoms with Crippen molar-refractivity contribution in [2.75, 3.05) is 0 Å². The maximum Gasteiger partial charge on any atom is 0.181 e. The lowest BCUT2D eigenvalue weighted by Crippen LogP contribution is -2.05. The monoisotopic (exact) mass is 202 g/mol. The predicted octanol–water partition coefficient (Wildman–Crippen LogP) is 1.25. The van der Waals surface area contributed by atoms with Crippen LogP contribution in [-0.4, -0.2) is 14.8 Å². The summed E-state index contributed by atoms with van der Waals surface area (Å²) in [5.41, 5.74) is 7.80. The molecule has 1 aromatic heterocycles. The predicted molar refractivity (Wildman–Crippen MR) is 59.1 cm³/mol. The third-order valence-electron chi connectivity index (χ3n) is 2.35. The Morgan fingerprint density at radius 2 is 1.93 bits per heavy atom. The van der Waals surface area contributed by atoms with E-state index in [2.05, 4.69) is 17.0 Å². The van der Waals surface area contributed by atoms with E-state index in [-0.39, 0.29) is 0 Å². The van der Waals surface area contributed by atoms with Crippen LogP contribution in [0.3, 0.4) is 0 Å². The van der Waals surface area contributed by atoms with Crippen molar-refractivity contribution in [2.45, 2.75) is 13.5 Å². The van der Waals surface area contributed by atoms with E-state index < -0.39 is 0 Å². The Kier molecular flexibility index (Phi) is 2.51. The molecule has 0 unspecified atom stereocenters. The third-order valence-corrected chi connectivity index (χ3v) is 2.35. The number of hydrogen-bond donors (Lipinski definition) is 1. The molecule has 15 heavy (non-hydrogen) atoms. The summed E-state index contributed by atoms with van der Waals surface area (Å²) in [5.74, 6) is 1.53. The van der Waals surface area contributed by atoms with Gasteiger partial charge in [0.1, 0.15) is 5.82 Å². The highest BCUT2D eigenvalue weighted by Gasteiger charge is 2.06. The fourth-order valence-electron chi connectivity index (χ4n) is 1.42. The number of hydrogen-bond acceptors (Lipinski definition) is 3. The van der Waals surface area contributed by atoms with E-state index in [1.54, 1.807) is 4.68 Å². The minimum absolute atomic E-state index is 0.412. The Morgan fingerprint density at radius 1 is 1.27 bits per heavy atom. The van der Waals surface area contributed by atoms with Crippen LogP contribution < -0.4 is 5.73 Å². The van der Waals surface area contributed by atoms with Gasteiger partial charge < -0.3 is 5.73 Å². The maximum absolute atomic E-state index is 5.54. The molecule has 1 heterocycles. The molecule has 0 aliphatic rings. The first-order chi connectivity index (χ1) is 7.20. The molecule has 4 heteroatoms. The average Bonchev–Trinajstić information content (AvgIpc) is 2.61. The molecule has 2 N–H and O–H groups in total. The van der Waals surface area contributed by atoms with Gasteiger partial charge in [-0.15, -0.1) is 0 Å². The fourth-order valence-corrected chi connectivity index (χ4v) is 1.42. The van der Waals surface area contributed by atoms with E-state index in [1.807, 2.05) is 31.3 Å². The van der Waals surface area contributed by atoms with Crippen molar-refractivity contribution in [2.24, 2.45) is 12.8 Å². The summed E-state index contributed by atoms with van der Waals surface area (Å²) in [4.78, 5) is 4.36. The normalized spacial score (nSPS) is 10.6. The molecule has 0 saturated heterocycles. The second-order valence-corrected chi connectivity index (χ2v) is 3.55. The van der Waals surface area contributed by atoms with Crippen LogP contribution in [0.25, 0.3) is 11.4 Å². The molecule has 2 rings (SSSR count). The molecule has 0 fully saturated rings. The Morgan fingerprint density at radius 3 is 2.47 bits per heavy atom. The summed E-state index contributed by atoms with van der Waals surface area (Å²) in [5, 5.41) is 4.31. The van der Waals surface area contributed by atoms with E-state index in [4.69, 9.17) is 5.73 Å². The molecule has 0 saturated carbocycles. The highest BCUT2D eigenvalue weighted by atomic mass is 15.3. The van der Waals surface area contributed by atoms with Gasteiger partial charge in [0.15, 0.2) is 5.82 Å². The summed E-state index contributed by atoms with van der Waals surface area (Å²) < 4.78 is 1.72. The van der Waals surface area contributed by atoms with Gasteiger partial charge in [0.05, 0.1) is 6.54 Å². The molecular formula is C11H14N4. The van der Waals surface area contributed by atoms with Gasteiger partial charge in [-0.2, -0.15) is 5.10 Å². The van der Waals surface area contributed by atoms with E-state index in [0.29, 0.717) is 6.54 Å². The lowest BCUT2D eigenvalue weighted by molar-refractivity contribution is 0.703. The standard InChI is InChI=1S/C11H14N4/c1-8-3-5-9(6-4-8)11-13-10(7-12)15(2)14-11/h3-6H,7,12H2,1-2H3. The van der Waals surface area contributed by atoms with E-state index in [1.165, 1.54) is 5.56 Å². The minimum Gasteiger partial charge on any atom is -0.324 e. The highest BCUT2D eigenvalue weighted by Crippen LogP contribution is 2.15.